The van der Waals surface area contributed by atoms with E-state index >= 15 is 0 Å². The van der Waals surface area contributed by atoms with Crippen LogP contribution in [0.5, 0.6) is 0 Å². The average Bonchev–Trinajstić information content (AvgIpc) is 3.52. The van der Waals surface area contributed by atoms with Crippen molar-refractivity contribution < 1.29 is 13.8 Å². The summed E-state index contributed by atoms with van der Waals surface area (Å²) in [7, 11) is 0. The van der Waals surface area contributed by atoms with E-state index in [-0.39, 0.29) is 5.88 Å². The minimum atomic E-state index is -0.846. The molecule has 2 N–H and O–H groups in total. The van der Waals surface area contributed by atoms with E-state index < -0.39 is 11.4 Å². The van der Waals surface area contributed by atoms with Gasteiger partial charge >= 0.3 is 0 Å². The number of hydrogen-bond acceptors (Lipinski definition) is 6. The second-order valence-electron chi connectivity index (χ2n) is 8.51. The first-order chi connectivity index (χ1) is 14.4. The minimum absolute atomic E-state index is 0.0114. The van der Waals surface area contributed by atoms with E-state index in [0.717, 1.165) is 55.2 Å². The molecule has 0 saturated heterocycles. The Morgan fingerprint density at radius 2 is 1.93 bits per heavy atom. The maximum absolute atomic E-state index is 12.2. The standard InChI is InChI=1S/C23H40N2O3S2/c1-6-16(4)22(17(5)23(26)24-8-3)28-29-14-13-19-10-9-18(7-2)21(19)15-25-30(27)20-11-12-20/h8,18-21,25-26H,6-7,9-15H2,1-5H3/b22-16+,23-17+,24-8-/t18-,19?,21?,30?/m0/s1. The molecule has 2 rings (SSSR count). The zero-order valence-corrected chi connectivity index (χ0v) is 20.9. The fraction of sp³-hybridized carbons (Fsp3) is 0.783. The van der Waals surface area contributed by atoms with E-state index in [0.29, 0.717) is 22.7 Å². The van der Waals surface area contributed by atoms with E-state index in [9.17, 15) is 9.66 Å². The molecule has 5 nitrogen and oxygen atoms in total. The third-order valence-corrected chi connectivity index (χ3v) is 8.71. The Kier molecular flexibility index (Phi) is 11.1. The third kappa shape index (κ3) is 7.50. The number of nitrogens with zero attached hydrogens (tertiary/aromatic N) is 1. The highest BCUT2D eigenvalue weighted by Gasteiger charge is 2.38. The highest BCUT2D eigenvalue weighted by Crippen LogP contribution is 2.41. The van der Waals surface area contributed by atoms with Gasteiger partial charge in [-0.3, -0.25) is 0 Å². The van der Waals surface area contributed by atoms with Gasteiger partial charge < -0.3 is 13.8 Å². The molecule has 2 saturated carbocycles. The first-order valence-electron chi connectivity index (χ1n) is 11.4. The maximum Gasteiger partial charge on any atom is 0.217 e. The summed E-state index contributed by atoms with van der Waals surface area (Å²) in [6.45, 7) is 10.9. The van der Waals surface area contributed by atoms with Crippen LogP contribution in [0.1, 0.15) is 79.6 Å². The number of aliphatic hydroxyl groups is 1. The van der Waals surface area contributed by atoms with E-state index in [2.05, 4.69) is 23.6 Å². The first-order valence-corrected chi connectivity index (χ1v) is 13.6. The Hall–Kier alpha value is -0.630. The van der Waals surface area contributed by atoms with Crippen LogP contribution in [0.25, 0.3) is 0 Å². The Morgan fingerprint density at radius 1 is 1.23 bits per heavy atom. The summed E-state index contributed by atoms with van der Waals surface area (Å²) in [6, 6.07) is 0. The van der Waals surface area contributed by atoms with Crippen LogP contribution in [0.2, 0.25) is 0 Å². The molecule has 0 aliphatic heterocycles. The van der Waals surface area contributed by atoms with Crippen molar-refractivity contribution in [3.63, 3.8) is 0 Å². The van der Waals surface area contributed by atoms with Gasteiger partial charge in [-0.2, -0.15) is 0 Å². The quantitative estimate of drug-likeness (QED) is 0.0878. The van der Waals surface area contributed by atoms with Crippen LogP contribution in [0.15, 0.2) is 27.8 Å². The van der Waals surface area contributed by atoms with Gasteiger partial charge in [-0.15, -0.1) is 4.72 Å². The number of aliphatic imine (C=N–C) groups is 1. The van der Waals surface area contributed by atoms with Crippen LogP contribution >= 0.6 is 12.0 Å². The Labute approximate surface area is 190 Å². The lowest BCUT2D eigenvalue weighted by atomic mass is 9.86. The van der Waals surface area contributed by atoms with Crippen molar-refractivity contribution in [2.45, 2.75) is 84.8 Å². The van der Waals surface area contributed by atoms with Crippen molar-refractivity contribution in [3.8, 4) is 0 Å². The molecule has 0 spiro atoms. The van der Waals surface area contributed by atoms with Crippen LogP contribution in [-0.4, -0.2) is 33.4 Å². The van der Waals surface area contributed by atoms with Gasteiger partial charge in [0.2, 0.25) is 5.88 Å². The number of allylic oxidation sites excluding steroid dienone is 2. The fourth-order valence-electron chi connectivity index (χ4n) is 4.25. The molecule has 4 atom stereocenters. The number of nitrogens with one attached hydrogen (secondary N) is 1. The van der Waals surface area contributed by atoms with Crippen LogP contribution < -0.4 is 4.72 Å². The topological polar surface area (TPSA) is 76.9 Å². The van der Waals surface area contributed by atoms with Crippen LogP contribution in [0.4, 0.5) is 0 Å². The Balaban J connectivity index is 1.87. The summed E-state index contributed by atoms with van der Waals surface area (Å²) in [4.78, 5) is 3.99. The van der Waals surface area contributed by atoms with Crippen molar-refractivity contribution in [2.24, 2.45) is 22.7 Å². The molecule has 0 radical (unpaired) electrons. The molecule has 7 heteroatoms. The predicted octanol–water partition coefficient (Wildman–Crippen LogP) is 6.07. The summed E-state index contributed by atoms with van der Waals surface area (Å²) in [6.07, 6.45) is 9.50. The smallest absolute Gasteiger partial charge is 0.217 e. The molecule has 0 bridgehead atoms. The molecule has 0 aromatic heterocycles. The van der Waals surface area contributed by atoms with E-state index in [1.54, 1.807) is 13.1 Å². The van der Waals surface area contributed by atoms with Gasteiger partial charge in [-0.25, -0.2) is 4.99 Å². The minimum Gasteiger partial charge on any atom is -0.598 e. The molecule has 0 aromatic rings. The lowest BCUT2D eigenvalue weighted by Gasteiger charge is -2.25. The summed E-state index contributed by atoms with van der Waals surface area (Å²) in [5, 5.41) is 10.5. The summed E-state index contributed by atoms with van der Waals surface area (Å²) < 4.78 is 21.6. The first kappa shape index (κ1) is 25.6. The van der Waals surface area contributed by atoms with Gasteiger partial charge in [0, 0.05) is 42.7 Å². The van der Waals surface area contributed by atoms with Crippen molar-refractivity contribution in [1.29, 1.82) is 0 Å². The van der Waals surface area contributed by atoms with Crippen molar-refractivity contribution >= 4 is 29.6 Å². The molecule has 0 heterocycles. The predicted molar refractivity (Wildman–Crippen MR) is 130 cm³/mol. The molecule has 172 valence electrons. The van der Waals surface area contributed by atoms with E-state index in [1.165, 1.54) is 31.3 Å². The van der Waals surface area contributed by atoms with Gasteiger partial charge in [0.15, 0.2) is 0 Å². The van der Waals surface area contributed by atoms with Gasteiger partial charge in [-0.1, -0.05) is 20.3 Å². The zero-order valence-electron chi connectivity index (χ0n) is 19.3. The normalized spacial score (nSPS) is 27.2. The maximum atomic E-state index is 12.2. The molecule has 0 aromatic carbocycles. The lowest BCUT2D eigenvalue weighted by Crippen LogP contribution is -2.35. The number of aliphatic hydroxyl groups excluding tert-OH is 1. The monoisotopic (exact) mass is 456 g/mol. The summed E-state index contributed by atoms with van der Waals surface area (Å²) in [5.74, 6) is 3.66. The molecular weight excluding hydrogens is 416 g/mol. The molecule has 2 aliphatic carbocycles. The van der Waals surface area contributed by atoms with E-state index in [4.69, 9.17) is 4.18 Å². The fourth-order valence-corrected chi connectivity index (χ4v) is 6.28. The molecule has 30 heavy (non-hydrogen) atoms. The molecule has 3 unspecified atom stereocenters. The Morgan fingerprint density at radius 3 is 2.53 bits per heavy atom. The average molecular weight is 457 g/mol. The highest BCUT2D eigenvalue weighted by atomic mass is 32.2. The molecular formula is C23H40N2O3S2. The van der Waals surface area contributed by atoms with E-state index in [1.807, 2.05) is 13.8 Å². The largest absolute Gasteiger partial charge is 0.598 e. The van der Waals surface area contributed by atoms with Crippen LogP contribution in [-0.2, 0) is 15.5 Å². The second kappa shape index (κ2) is 13.0. The molecule has 2 aliphatic rings. The van der Waals surface area contributed by atoms with Crippen molar-refractivity contribution in [2.75, 3.05) is 12.3 Å². The van der Waals surface area contributed by atoms with Gasteiger partial charge in [0.1, 0.15) is 11.0 Å². The number of hydrogen-bond donors (Lipinski definition) is 2. The SMILES string of the molecule is C\C=N/C(O)=C(C)\C(OSCCC1CC[C@H](CC)C1CN[S+]([O-])C1CC1)=C(\C)CC. The number of rotatable bonds is 13. The van der Waals surface area contributed by atoms with Crippen molar-refractivity contribution in [1.82, 2.24) is 4.72 Å². The molecule has 0 amide bonds. The zero-order chi connectivity index (χ0) is 22.1. The lowest BCUT2D eigenvalue weighted by molar-refractivity contribution is 0.299. The second-order valence-corrected chi connectivity index (χ2v) is 10.9. The third-order valence-electron chi connectivity index (χ3n) is 6.49. The van der Waals surface area contributed by atoms with Gasteiger partial charge in [-0.05, 0) is 69.8 Å². The summed E-state index contributed by atoms with van der Waals surface area (Å²) in [5.41, 5.74) is 1.78. The van der Waals surface area contributed by atoms with Crippen molar-refractivity contribution in [3.05, 3.63) is 22.8 Å². The van der Waals surface area contributed by atoms with Crippen LogP contribution in [0.3, 0.4) is 0 Å². The Bertz CT molecular complexity index is 632. The highest BCUT2D eigenvalue weighted by molar-refractivity contribution is 7.94. The summed E-state index contributed by atoms with van der Waals surface area (Å²) >= 11 is 0.624. The van der Waals surface area contributed by atoms with Gasteiger partial charge in [0.25, 0.3) is 0 Å². The molecule has 2 fully saturated rings. The van der Waals surface area contributed by atoms with Gasteiger partial charge in [0.05, 0.1) is 17.6 Å². The van der Waals surface area contributed by atoms with Crippen LogP contribution in [0, 0.1) is 17.8 Å².